The smallest absolute Gasteiger partial charge is 0.273 e. The maximum absolute atomic E-state index is 12.8. The van der Waals surface area contributed by atoms with Gasteiger partial charge in [-0.1, -0.05) is 35.9 Å². The third kappa shape index (κ3) is 3.32. The van der Waals surface area contributed by atoms with Gasteiger partial charge in [0.1, 0.15) is 5.57 Å². The quantitative estimate of drug-likeness (QED) is 0.661. The maximum atomic E-state index is 12.8. The van der Waals surface area contributed by atoms with E-state index in [4.69, 9.17) is 11.6 Å². The third-order valence-electron chi connectivity index (χ3n) is 3.77. The summed E-state index contributed by atoms with van der Waals surface area (Å²) in [5.74, 6) is -1.42. The molecule has 3 rings (SSSR count). The summed E-state index contributed by atoms with van der Waals surface area (Å²) in [5, 5.41) is 2.61. The van der Waals surface area contributed by atoms with Crippen molar-refractivity contribution in [2.24, 2.45) is 0 Å². The fraction of sp³-hybridized carbons (Fsp3) is 0.105. The van der Waals surface area contributed by atoms with E-state index in [1.54, 1.807) is 36.4 Å². The zero-order chi connectivity index (χ0) is 18.1. The average Bonchev–Trinajstić information content (AvgIpc) is 2.52. The number of halogens is 1. The van der Waals surface area contributed by atoms with Crippen LogP contribution in [0.5, 0.6) is 0 Å². The molecule has 0 radical (unpaired) electrons. The van der Waals surface area contributed by atoms with Gasteiger partial charge in [-0.15, -0.1) is 0 Å². The van der Waals surface area contributed by atoms with Gasteiger partial charge in [-0.25, -0.2) is 9.69 Å². The van der Waals surface area contributed by atoms with Crippen LogP contribution in [0, 0.1) is 13.8 Å². The SMILES string of the molecule is Cc1cc(C)cc(N2C(=O)NC(=O)/C(=C\c3ccccc3Cl)C2=O)c1. The Kier molecular flexibility index (Phi) is 4.42. The van der Waals surface area contributed by atoms with Crippen molar-refractivity contribution in [3.05, 3.63) is 69.8 Å². The van der Waals surface area contributed by atoms with Crippen LogP contribution in [0.25, 0.3) is 6.08 Å². The van der Waals surface area contributed by atoms with Crippen molar-refractivity contribution >= 4 is 41.2 Å². The van der Waals surface area contributed by atoms with E-state index in [1.807, 2.05) is 19.9 Å². The Morgan fingerprint density at radius 1 is 1.00 bits per heavy atom. The van der Waals surface area contributed by atoms with Gasteiger partial charge >= 0.3 is 6.03 Å². The number of hydrogen-bond donors (Lipinski definition) is 1. The first-order valence-electron chi connectivity index (χ1n) is 7.61. The Hall–Kier alpha value is -2.92. The van der Waals surface area contributed by atoms with E-state index in [9.17, 15) is 14.4 Å². The Labute approximate surface area is 149 Å². The summed E-state index contributed by atoms with van der Waals surface area (Å²) in [4.78, 5) is 38.2. The molecule has 25 heavy (non-hydrogen) atoms. The predicted molar refractivity (Wildman–Crippen MR) is 96.4 cm³/mol. The third-order valence-corrected chi connectivity index (χ3v) is 4.12. The number of aryl methyl sites for hydroxylation is 2. The van der Waals surface area contributed by atoms with Crippen LogP contribution in [-0.4, -0.2) is 17.8 Å². The van der Waals surface area contributed by atoms with E-state index in [2.05, 4.69) is 5.32 Å². The first-order valence-corrected chi connectivity index (χ1v) is 7.99. The second-order valence-electron chi connectivity index (χ2n) is 5.83. The molecule has 0 aliphatic carbocycles. The lowest BCUT2D eigenvalue weighted by molar-refractivity contribution is -0.122. The highest BCUT2D eigenvalue weighted by Crippen LogP contribution is 2.25. The van der Waals surface area contributed by atoms with Crippen LogP contribution in [0.4, 0.5) is 10.5 Å². The van der Waals surface area contributed by atoms with Gasteiger partial charge in [0.15, 0.2) is 0 Å². The molecule has 0 saturated carbocycles. The summed E-state index contributed by atoms with van der Waals surface area (Å²) in [7, 11) is 0. The summed E-state index contributed by atoms with van der Waals surface area (Å²) < 4.78 is 0. The van der Waals surface area contributed by atoms with Crippen molar-refractivity contribution in [3.8, 4) is 0 Å². The molecule has 2 aromatic carbocycles. The number of anilines is 1. The molecular formula is C19H15ClN2O3. The number of carbonyl (C=O) groups excluding carboxylic acids is 3. The van der Waals surface area contributed by atoms with Gasteiger partial charge in [0.05, 0.1) is 5.69 Å². The summed E-state index contributed by atoms with van der Waals surface area (Å²) in [5.41, 5.74) is 2.61. The number of carbonyl (C=O) groups is 3. The van der Waals surface area contributed by atoms with E-state index in [0.29, 0.717) is 16.3 Å². The first kappa shape index (κ1) is 16.9. The van der Waals surface area contributed by atoms with Crippen molar-refractivity contribution in [1.29, 1.82) is 0 Å². The molecule has 1 aliphatic heterocycles. The number of rotatable bonds is 2. The molecule has 1 N–H and O–H groups in total. The molecule has 126 valence electrons. The number of benzene rings is 2. The Morgan fingerprint density at radius 2 is 1.64 bits per heavy atom. The molecule has 0 bridgehead atoms. The van der Waals surface area contributed by atoms with Gasteiger partial charge in [-0.05, 0) is 54.8 Å². The second kappa shape index (κ2) is 6.53. The van der Waals surface area contributed by atoms with Gasteiger partial charge in [-0.2, -0.15) is 0 Å². The number of imide groups is 2. The van der Waals surface area contributed by atoms with Crippen molar-refractivity contribution in [2.75, 3.05) is 4.90 Å². The molecule has 0 aromatic heterocycles. The van der Waals surface area contributed by atoms with E-state index >= 15 is 0 Å². The highest BCUT2D eigenvalue weighted by Gasteiger charge is 2.37. The normalized spacial score (nSPS) is 16.4. The molecule has 1 fully saturated rings. The molecule has 0 unspecified atom stereocenters. The maximum Gasteiger partial charge on any atom is 0.335 e. The first-order chi connectivity index (χ1) is 11.9. The zero-order valence-corrected chi connectivity index (χ0v) is 14.4. The van der Waals surface area contributed by atoms with E-state index in [0.717, 1.165) is 16.0 Å². The number of urea groups is 1. The van der Waals surface area contributed by atoms with Crippen LogP contribution >= 0.6 is 11.6 Å². The number of nitrogens with one attached hydrogen (secondary N) is 1. The Morgan fingerprint density at radius 3 is 2.28 bits per heavy atom. The van der Waals surface area contributed by atoms with Crippen LogP contribution in [-0.2, 0) is 9.59 Å². The van der Waals surface area contributed by atoms with Crippen LogP contribution in [0.3, 0.4) is 0 Å². The van der Waals surface area contributed by atoms with E-state index in [-0.39, 0.29) is 5.57 Å². The molecule has 1 heterocycles. The fourth-order valence-corrected chi connectivity index (χ4v) is 2.91. The number of nitrogens with zero attached hydrogens (tertiary/aromatic N) is 1. The lowest BCUT2D eigenvalue weighted by Gasteiger charge is -2.27. The van der Waals surface area contributed by atoms with E-state index in [1.165, 1.54) is 6.08 Å². The fourth-order valence-electron chi connectivity index (χ4n) is 2.72. The summed E-state index contributed by atoms with van der Waals surface area (Å²) in [6, 6.07) is 11.4. The van der Waals surface area contributed by atoms with Crippen LogP contribution < -0.4 is 10.2 Å². The molecule has 0 atom stereocenters. The molecule has 1 aliphatic rings. The standard InChI is InChI=1S/C19H15ClN2O3/c1-11-7-12(2)9-14(8-11)22-18(24)15(17(23)21-19(22)25)10-13-5-3-4-6-16(13)20/h3-10H,1-2H3,(H,21,23,25)/b15-10+. The summed E-state index contributed by atoms with van der Waals surface area (Å²) >= 11 is 6.09. The van der Waals surface area contributed by atoms with Gasteiger partial charge in [-0.3, -0.25) is 14.9 Å². The number of barbiturate groups is 1. The van der Waals surface area contributed by atoms with Crippen molar-refractivity contribution < 1.29 is 14.4 Å². The van der Waals surface area contributed by atoms with Gasteiger partial charge < -0.3 is 0 Å². The molecule has 2 aromatic rings. The topological polar surface area (TPSA) is 66.5 Å². The van der Waals surface area contributed by atoms with Crippen LogP contribution in [0.15, 0.2) is 48.0 Å². The highest BCUT2D eigenvalue weighted by molar-refractivity contribution is 6.39. The summed E-state index contributed by atoms with van der Waals surface area (Å²) in [6.45, 7) is 3.74. The number of amides is 4. The minimum Gasteiger partial charge on any atom is -0.273 e. The minimum atomic E-state index is -0.767. The van der Waals surface area contributed by atoms with Gasteiger partial charge in [0, 0.05) is 5.02 Å². The lowest BCUT2D eigenvalue weighted by Crippen LogP contribution is -2.54. The summed E-state index contributed by atoms with van der Waals surface area (Å²) in [6.07, 6.45) is 1.39. The van der Waals surface area contributed by atoms with Crippen molar-refractivity contribution in [1.82, 2.24) is 5.32 Å². The lowest BCUT2D eigenvalue weighted by atomic mass is 10.1. The van der Waals surface area contributed by atoms with Crippen molar-refractivity contribution in [2.45, 2.75) is 13.8 Å². The second-order valence-corrected chi connectivity index (χ2v) is 6.23. The van der Waals surface area contributed by atoms with Crippen LogP contribution in [0.1, 0.15) is 16.7 Å². The highest BCUT2D eigenvalue weighted by atomic mass is 35.5. The van der Waals surface area contributed by atoms with Gasteiger partial charge in [0.2, 0.25) is 0 Å². The molecule has 4 amide bonds. The monoisotopic (exact) mass is 354 g/mol. The Balaban J connectivity index is 2.07. The zero-order valence-electron chi connectivity index (χ0n) is 13.7. The van der Waals surface area contributed by atoms with Crippen molar-refractivity contribution in [3.63, 3.8) is 0 Å². The van der Waals surface area contributed by atoms with Gasteiger partial charge in [0.25, 0.3) is 11.8 Å². The molecule has 6 heteroatoms. The number of hydrogen-bond acceptors (Lipinski definition) is 3. The minimum absolute atomic E-state index is 0.146. The average molecular weight is 355 g/mol. The largest absolute Gasteiger partial charge is 0.335 e. The predicted octanol–water partition coefficient (Wildman–Crippen LogP) is 3.62. The molecule has 5 nitrogen and oxygen atoms in total. The van der Waals surface area contributed by atoms with E-state index < -0.39 is 17.8 Å². The molecular weight excluding hydrogens is 340 g/mol. The van der Waals surface area contributed by atoms with Crippen LogP contribution in [0.2, 0.25) is 5.02 Å². The Bertz CT molecular complexity index is 914. The molecule has 1 saturated heterocycles. The molecule has 0 spiro atoms.